The molecule has 2 fully saturated rings. The molecule has 0 aromatic heterocycles. The fourth-order valence-electron chi connectivity index (χ4n) is 4.95. The van der Waals surface area contributed by atoms with Crippen molar-refractivity contribution >= 4 is 12.0 Å². The first-order chi connectivity index (χ1) is 11.6. The number of carbonyl (C=O) groups is 1. The molecular weight excluding hydrogens is 298 g/mol. The van der Waals surface area contributed by atoms with Gasteiger partial charge in [-0.25, -0.2) is 0 Å². The second kappa shape index (κ2) is 6.01. The maximum atomic E-state index is 11.8. The van der Waals surface area contributed by atoms with Crippen molar-refractivity contribution in [1.29, 1.82) is 0 Å². The molecule has 1 unspecified atom stereocenters. The number of rotatable bonds is 2. The lowest BCUT2D eigenvalue weighted by molar-refractivity contribution is -0.128. The van der Waals surface area contributed by atoms with E-state index in [1.54, 1.807) is 0 Å². The van der Waals surface area contributed by atoms with Gasteiger partial charge in [0.25, 0.3) is 0 Å². The van der Waals surface area contributed by atoms with E-state index >= 15 is 0 Å². The first-order valence-electron chi connectivity index (χ1n) is 9.15. The number of benzene rings is 1. The zero-order valence-electron chi connectivity index (χ0n) is 14.4. The van der Waals surface area contributed by atoms with Crippen LogP contribution in [0.15, 0.2) is 30.3 Å². The van der Waals surface area contributed by atoms with Crippen LogP contribution in [0.2, 0.25) is 0 Å². The van der Waals surface area contributed by atoms with E-state index in [2.05, 4.69) is 48.2 Å². The van der Waals surface area contributed by atoms with Crippen LogP contribution in [-0.2, 0) is 10.2 Å². The van der Waals surface area contributed by atoms with Crippen LogP contribution in [0.1, 0.15) is 30.9 Å². The number of allylic oxidation sites excluding steroid dienone is 1. The van der Waals surface area contributed by atoms with E-state index in [-0.39, 0.29) is 17.9 Å². The van der Waals surface area contributed by atoms with Gasteiger partial charge in [0.05, 0.1) is 6.54 Å². The van der Waals surface area contributed by atoms with E-state index in [1.165, 1.54) is 17.5 Å². The largest absolute Gasteiger partial charge is 0.340 e. The van der Waals surface area contributed by atoms with Crippen molar-refractivity contribution in [2.45, 2.75) is 31.2 Å². The molecule has 4 rings (SSSR count). The van der Waals surface area contributed by atoms with Gasteiger partial charge in [0, 0.05) is 31.1 Å². The van der Waals surface area contributed by atoms with Gasteiger partial charge in [0.15, 0.2) is 0 Å². The Hall–Kier alpha value is -1.65. The number of hydrogen-bond donors (Lipinski definition) is 1. The van der Waals surface area contributed by atoms with E-state index in [4.69, 9.17) is 5.73 Å². The van der Waals surface area contributed by atoms with Crippen LogP contribution in [0.3, 0.4) is 0 Å². The van der Waals surface area contributed by atoms with Crippen LogP contribution in [0, 0.1) is 5.92 Å². The molecule has 1 aromatic rings. The van der Waals surface area contributed by atoms with Crippen molar-refractivity contribution in [3.63, 3.8) is 0 Å². The molecule has 3 atom stereocenters. The highest BCUT2D eigenvalue weighted by Gasteiger charge is 2.45. The molecule has 0 saturated carbocycles. The van der Waals surface area contributed by atoms with Crippen LogP contribution < -0.4 is 5.73 Å². The van der Waals surface area contributed by atoms with Gasteiger partial charge >= 0.3 is 0 Å². The predicted molar refractivity (Wildman–Crippen MR) is 96.5 cm³/mol. The summed E-state index contributed by atoms with van der Waals surface area (Å²) in [5.74, 6) is 0.678. The maximum Gasteiger partial charge on any atom is 0.236 e. The number of nitrogens with two attached hydrogens (primary N) is 1. The molecule has 0 radical (unpaired) electrons. The van der Waals surface area contributed by atoms with Gasteiger partial charge in [-0.3, -0.25) is 9.69 Å². The second-order valence-corrected chi connectivity index (χ2v) is 7.59. The Kier molecular flexibility index (Phi) is 3.97. The maximum absolute atomic E-state index is 11.8. The number of hydrogen-bond acceptors (Lipinski definition) is 3. The van der Waals surface area contributed by atoms with E-state index in [0.29, 0.717) is 12.0 Å². The van der Waals surface area contributed by atoms with Crippen molar-refractivity contribution in [2.24, 2.45) is 11.7 Å². The fraction of sp³-hybridized carbons (Fsp3) is 0.550. The third-order valence-corrected chi connectivity index (χ3v) is 6.43. The molecule has 2 aliphatic heterocycles. The van der Waals surface area contributed by atoms with Crippen LogP contribution in [0.25, 0.3) is 6.08 Å². The molecule has 4 heteroatoms. The molecule has 0 bridgehead atoms. The zero-order valence-corrected chi connectivity index (χ0v) is 14.4. The highest BCUT2D eigenvalue weighted by molar-refractivity contribution is 5.78. The topological polar surface area (TPSA) is 49.6 Å². The van der Waals surface area contributed by atoms with E-state index in [9.17, 15) is 4.79 Å². The minimum Gasteiger partial charge on any atom is -0.340 e. The Morgan fingerprint density at radius 3 is 2.92 bits per heavy atom. The molecular formula is C20H27N3O. The third-order valence-electron chi connectivity index (χ3n) is 6.43. The first-order valence-corrected chi connectivity index (χ1v) is 9.15. The lowest BCUT2D eigenvalue weighted by Gasteiger charge is -2.46. The second-order valence-electron chi connectivity index (χ2n) is 7.59. The van der Waals surface area contributed by atoms with Gasteiger partial charge in [-0.2, -0.15) is 0 Å². The average molecular weight is 325 g/mol. The van der Waals surface area contributed by atoms with Crippen molar-refractivity contribution < 1.29 is 4.79 Å². The van der Waals surface area contributed by atoms with Gasteiger partial charge in [-0.15, -0.1) is 0 Å². The summed E-state index contributed by atoms with van der Waals surface area (Å²) in [4.78, 5) is 16.4. The summed E-state index contributed by atoms with van der Waals surface area (Å²) in [6.45, 7) is 6.44. The van der Waals surface area contributed by atoms with E-state index in [0.717, 1.165) is 32.6 Å². The summed E-state index contributed by atoms with van der Waals surface area (Å²) in [6, 6.07) is 9.33. The van der Waals surface area contributed by atoms with Crippen molar-refractivity contribution in [1.82, 2.24) is 9.80 Å². The highest BCUT2D eigenvalue weighted by atomic mass is 16.2. The van der Waals surface area contributed by atoms with Crippen LogP contribution in [0.5, 0.6) is 0 Å². The summed E-state index contributed by atoms with van der Waals surface area (Å²) in [6.07, 6.45) is 7.00. The molecule has 1 amide bonds. The number of fused-ring (bicyclic) bond motifs is 2. The van der Waals surface area contributed by atoms with E-state index < -0.39 is 0 Å². The monoisotopic (exact) mass is 325 g/mol. The Labute approximate surface area is 144 Å². The van der Waals surface area contributed by atoms with E-state index in [1.807, 2.05) is 4.90 Å². The highest BCUT2D eigenvalue weighted by Crippen LogP contribution is 2.47. The summed E-state index contributed by atoms with van der Waals surface area (Å²) < 4.78 is 0. The van der Waals surface area contributed by atoms with Crippen molar-refractivity contribution in [3.8, 4) is 0 Å². The Morgan fingerprint density at radius 1 is 1.29 bits per heavy atom. The summed E-state index contributed by atoms with van der Waals surface area (Å²) in [7, 11) is 0. The summed E-state index contributed by atoms with van der Waals surface area (Å²) in [5.41, 5.74) is 8.61. The number of carbonyl (C=O) groups excluding carboxylic acids is 1. The number of piperidine rings is 1. The quantitative estimate of drug-likeness (QED) is 0.903. The molecule has 1 spiro atoms. The average Bonchev–Trinajstić information content (AvgIpc) is 3.23. The molecule has 4 nitrogen and oxygen atoms in total. The Bertz CT molecular complexity index is 671. The molecule has 2 saturated heterocycles. The SMILES string of the molecule is C[C@H]1CN(C2CCN(C(=O)CN)C2)CC[C@@]12C=Cc1ccccc12. The Morgan fingerprint density at radius 2 is 2.12 bits per heavy atom. The summed E-state index contributed by atoms with van der Waals surface area (Å²) >= 11 is 0. The molecule has 3 aliphatic rings. The molecule has 128 valence electrons. The molecule has 2 N–H and O–H groups in total. The Balaban J connectivity index is 1.47. The smallest absolute Gasteiger partial charge is 0.236 e. The van der Waals surface area contributed by atoms with Gasteiger partial charge in [-0.1, -0.05) is 43.3 Å². The van der Waals surface area contributed by atoms with Crippen LogP contribution in [-0.4, -0.2) is 54.5 Å². The summed E-state index contributed by atoms with van der Waals surface area (Å²) in [5, 5.41) is 0. The van der Waals surface area contributed by atoms with Crippen molar-refractivity contribution in [2.75, 3.05) is 32.7 Å². The van der Waals surface area contributed by atoms with Gasteiger partial charge in [0.1, 0.15) is 0 Å². The minimum atomic E-state index is 0.0895. The minimum absolute atomic E-state index is 0.0895. The molecule has 1 aliphatic carbocycles. The first kappa shape index (κ1) is 15.9. The number of likely N-dealkylation sites (tertiary alicyclic amines) is 2. The van der Waals surface area contributed by atoms with Crippen LogP contribution >= 0.6 is 0 Å². The predicted octanol–water partition coefficient (Wildman–Crippen LogP) is 1.85. The molecule has 1 aromatic carbocycles. The fourth-order valence-corrected chi connectivity index (χ4v) is 4.95. The lowest BCUT2D eigenvalue weighted by Crippen LogP contribution is -2.51. The number of nitrogens with zero attached hydrogens (tertiary/aromatic N) is 2. The third kappa shape index (κ3) is 2.40. The molecule has 2 heterocycles. The zero-order chi connectivity index (χ0) is 16.7. The standard InChI is InChI=1S/C20H27N3O/c1-15-13-22(17-7-10-23(14-17)19(24)12-21)11-9-20(15)8-6-16-4-2-3-5-18(16)20/h2-6,8,15,17H,7,9-14,21H2,1H3/t15-,17?,20-/m0/s1. The van der Waals surface area contributed by atoms with Gasteiger partial charge < -0.3 is 10.6 Å². The normalized spacial score (nSPS) is 32.5. The lowest BCUT2D eigenvalue weighted by atomic mass is 9.68. The van der Waals surface area contributed by atoms with Crippen molar-refractivity contribution in [3.05, 3.63) is 41.5 Å². The van der Waals surface area contributed by atoms with Gasteiger partial charge in [0.2, 0.25) is 5.91 Å². The molecule has 24 heavy (non-hydrogen) atoms. The van der Waals surface area contributed by atoms with Crippen LogP contribution in [0.4, 0.5) is 0 Å². The number of amides is 1. The van der Waals surface area contributed by atoms with Gasteiger partial charge in [-0.05, 0) is 36.4 Å².